The molecule has 0 saturated carbocycles. The third-order valence-corrected chi connectivity index (χ3v) is 5.47. The molecule has 0 aliphatic heterocycles. The van der Waals surface area contributed by atoms with Crippen LogP contribution in [0.15, 0.2) is 85.1 Å². The Kier molecular flexibility index (Phi) is 6.57. The molecule has 0 aliphatic carbocycles. The first kappa shape index (κ1) is 21.3. The summed E-state index contributed by atoms with van der Waals surface area (Å²) < 4.78 is 6.44. The number of nitrogens with one attached hydrogen (secondary N) is 1. The molecule has 1 heterocycles. The van der Waals surface area contributed by atoms with Crippen LogP contribution in [-0.4, -0.2) is 16.1 Å². The number of carboxylic acids is 1. The van der Waals surface area contributed by atoms with Crippen molar-refractivity contribution < 1.29 is 14.6 Å². The summed E-state index contributed by atoms with van der Waals surface area (Å²) >= 11 is 0. The maximum atomic E-state index is 11.2. The molecule has 4 aromatic rings. The Morgan fingerprint density at radius 1 is 1.00 bits per heavy atom. The van der Waals surface area contributed by atoms with E-state index in [1.54, 1.807) is 6.92 Å². The first-order valence-corrected chi connectivity index (χ1v) is 10.6. The molecule has 0 saturated heterocycles. The van der Waals surface area contributed by atoms with Crippen LogP contribution in [0, 0.1) is 11.8 Å². The highest BCUT2D eigenvalue weighted by molar-refractivity contribution is 5.80. The zero-order valence-corrected chi connectivity index (χ0v) is 17.9. The molecule has 0 bridgehead atoms. The van der Waals surface area contributed by atoms with Crippen LogP contribution in [0.1, 0.15) is 42.1 Å². The molecule has 32 heavy (non-hydrogen) atoms. The zero-order chi connectivity index (χ0) is 22.3. The molecule has 4 nitrogen and oxygen atoms in total. The lowest BCUT2D eigenvalue weighted by molar-refractivity contribution is -0.137. The number of rotatable bonds is 8. The average Bonchev–Trinajstić information content (AvgIpc) is 3.27. The van der Waals surface area contributed by atoms with Crippen molar-refractivity contribution >= 4 is 16.9 Å². The monoisotopic (exact) mass is 423 g/mol. The van der Waals surface area contributed by atoms with Crippen LogP contribution in [0.2, 0.25) is 0 Å². The number of fused-ring (bicyclic) bond motifs is 1. The molecule has 0 fully saturated rings. The van der Waals surface area contributed by atoms with E-state index in [1.807, 2.05) is 48.7 Å². The lowest BCUT2D eigenvalue weighted by Crippen LogP contribution is -2.11. The van der Waals surface area contributed by atoms with Gasteiger partial charge in [-0.15, -0.1) is 5.92 Å². The summed E-state index contributed by atoms with van der Waals surface area (Å²) in [5.74, 6) is 5.37. The smallest absolute Gasteiger partial charge is 0.304 e. The van der Waals surface area contributed by atoms with Crippen molar-refractivity contribution in [2.75, 3.05) is 0 Å². The number of ether oxygens (including phenoxy) is 1. The minimum Gasteiger partial charge on any atom is -0.485 e. The van der Waals surface area contributed by atoms with Crippen molar-refractivity contribution in [3.05, 3.63) is 102 Å². The molecular formula is C28H25NO3. The molecule has 0 aliphatic rings. The van der Waals surface area contributed by atoms with E-state index in [1.165, 1.54) is 5.56 Å². The van der Waals surface area contributed by atoms with E-state index in [9.17, 15) is 9.90 Å². The van der Waals surface area contributed by atoms with Gasteiger partial charge in [0.2, 0.25) is 0 Å². The molecular weight excluding hydrogens is 398 g/mol. The van der Waals surface area contributed by atoms with Crippen LogP contribution in [-0.2, 0) is 11.2 Å². The topological polar surface area (TPSA) is 62.3 Å². The Balaban J connectivity index is 1.60. The zero-order valence-electron chi connectivity index (χ0n) is 17.9. The van der Waals surface area contributed by atoms with Gasteiger partial charge in [-0.3, -0.25) is 4.79 Å². The van der Waals surface area contributed by atoms with Crippen LogP contribution in [0.4, 0.5) is 0 Å². The summed E-state index contributed by atoms with van der Waals surface area (Å²) in [6.07, 6.45) is 2.50. The van der Waals surface area contributed by atoms with E-state index in [-0.39, 0.29) is 18.4 Å². The number of hydrogen-bond acceptors (Lipinski definition) is 2. The third-order valence-electron chi connectivity index (χ3n) is 5.47. The molecule has 2 atom stereocenters. The highest BCUT2D eigenvalue weighted by atomic mass is 16.5. The number of aromatic nitrogens is 1. The Morgan fingerprint density at radius 3 is 2.47 bits per heavy atom. The van der Waals surface area contributed by atoms with Gasteiger partial charge in [0.15, 0.2) is 0 Å². The molecule has 3 aromatic carbocycles. The summed E-state index contributed by atoms with van der Waals surface area (Å²) in [5, 5.41) is 10.3. The van der Waals surface area contributed by atoms with E-state index < -0.39 is 5.97 Å². The highest BCUT2D eigenvalue weighted by Gasteiger charge is 2.17. The minimum absolute atomic E-state index is 0.0195. The van der Waals surface area contributed by atoms with Gasteiger partial charge in [-0.25, -0.2) is 0 Å². The molecule has 0 spiro atoms. The van der Waals surface area contributed by atoms with Gasteiger partial charge >= 0.3 is 5.97 Å². The fraction of sp³-hybridized carbons (Fsp3) is 0.179. The lowest BCUT2D eigenvalue weighted by atomic mass is 9.96. The standard InChI is InChI=1S/C28H25NO3/c1-2-6-22(19-28(30)31)21-9-12-25(13-10-21)32-27(17-20-7-4-3-5-8-20)24-11-14-26-23(18-24)15-16-29-26/h3-5,7-16,18,22,27,29H,17,19H2,1H3,(H,30,31)/t22?,27-/m0/s1. The second-order valence-electron chi connectivity index (χ2n) is 7.73. The van der Waals surface area contributed by atoms with Gasteiger partial charge in [0, 0.05) is 18.1 Å². The fourth-order valence-electron chi connectivity index (χ4n) is 3.87. The molecule has 4 rings (SSSR count). The number of H-pyrrole nitrogens is 1. The second kappa shape index (κ2) is 9.89. The van der Waals surface area contributed by atoms with Gasteiger partial charge in [-0.1, -0.05) is 54.5 Å². The van der Waals surface area contributed by atoms with Gasteiger partial charge in [0.25, 0.3) is 0 Å². The molecule has 2 N–H and O–H groups in total. The predicted octanol–water partition coefficient (Wildman–Crippen LogP) is 6.11. The van der Waals surface area contributed by atoms with Crippen molar-refractivity contribution in [2.45, 2.75) is 31.8 Å². The maximum absolute atomic E-state index is 11.2. The Bertz CT molecular complexity index is 1250. The van der Waals surface area contributed by atoms with Crippen LogP contribution in [0.25, 0.3) is 10.9 Å². The first-order valence-electron chi connectivity index (χ1n) is 10.6. The number of benzene rings is 3. The average molecular weight is 424 g/mol. The molecule has 0 amide bonds. The first-order chi connectivity index (χ1) is 15.6. The minimum atomic E-state index is -0.860. The molecule has 160 valence electrons. The Labute approximate surface area is 187 Å². The largest absolute Gasteiger partial charge is 0.485 e. The van der Waals surface area contributed by atoms with Gasteiger partial charge in [0.1, 0.15) is 11.9 Å². The van der Waals surface area contributed by atoms with Gasteiger partial charge in [-0.2, -0.15) is 0 Å². The highest BCUT2D eigenvalue weighted by Crippen LogP contribution is 2.29. The van der Waals surface area contributed by atoms with Crippen LogP contribution >= 0.6 is 0 Å². The third kappa shape index (κ3) is 5.19. The molecule has 1 aromatic heterocycles. The summed E-state index contributed by atoms with van der Waals surface area (Å²) in [4.78, 5) is 14.4. The Hall–Kier alpha value is -3.97. The van der Waals surface area contributed by atoms with Crippen LogP contribution in [0.5, 0.6) is 5.75 Å². The summed E-state index contributed by atoms with van der Waals surface area (Å²) in [6.45, 7) is 1.72. The fourth-order valence-corrected chi connectivity index (χ4v) is 3.87. The quantitative estimate of drug-likeness (QED) is 0.336. The number of hydrogen-bond donors (Lipinski definition) is 2. The SMILES string of the molecule is CC#CC(CC(=O)O)c1ccc(O[C@@H](Cc2ccccc2)c2ccc3[nH]ccc3c2)cc1. The molecule has 0 radical (unpaired) electrons. The van der Waals surface area contributed by atoms with Gasteiger partial charge < -0.3 is 14.8 Å². The van der Waals surface area contributed by atoms with Crippen LogP contribution in [0.3, 0.4) is 0 Å². The number of aliphatic carboxylic acids is 1. The van der Waals surface area contributed by atoms with E-state index in [2.05, 4.69) is 53.2 Å². The van der Waals surface area contributed by atoms with Crippen molar-refractivity contribution in [2.24, 2.45) is 0 Å². The van der Waals surface area contributed by atoms with Gasteiger partial charge in [-0.05, 0) is 59.3 Å². The second-order valence-corrected chi connectivity index (χ2v) is 7.73. The number of carboxylic acid groups (broad SMARTS) is 1. The maximum Gasteiger partial charge on any atom is 0.304 e. The number of aromatic amines is 1. The normalized spacial score (nSPS) is 12.5. The summed E-state index contributed by atoms with van der Waals surface area (Å²) in [6, 6.07) is 26.3. The van der Waals surface area contributed by atoms with E-state index in [4.69, 9.17) is 4.74 Å². The summed E-state index contributed by atoms with van der Waals surface area (Å²) in [7, 11) is 0. The lowest BCUT2D eigenvalue weighted by Gasteiger charge is -2.21. The van der Waals surface area contributed by atoms with Crippen molar-refractivity contribution in [1.82, 2.24) is 4.98 Å². The van der Waals surface area contributed by atoms with E-state index in [0.717, 1.165) is 34.2 Å². The molecule has 1 unspecified atom stereocenters. The van der Waals surface area contributed by atoms with Crippen molar-refractivity contribution in [3.8, 4) is 17.6 Å². The van der Waals surface area contributed by atoms with E-state index in [0.29, 0.717) is 0 Å². The van der Waals surface area contributed by atoms with Crippen molar-refractivity contribution in [3.63, 3.8) is 0 Å². The predicted molar refractivity (Wildman–Crippen MR) is 127 cm³/mol. The number of carbonyl (C=O) groups is 1. The molecule has 4 heteroatoms. The Morgan fingerprint density at radius 2 is 1.75 bits per heavy atom. The van der Waals surface area contributed by atoms with E-state index >= 15 is 0 Å². The van der Waals surface area contributed by atoms with Crippen molar-refractivity contribution in [1.29, 1.82) is 0 Å². The van der Waals surface area contributed by atoms with Crippen LogP contribution < -0.4 is 4.74 Å². The summed E-state index contributed by atoms with van der Waals surface area (Å²) in [5.41, 5.74) is 4.27. The van der Waals surface area contributed by atoms with Gasteiger partial charge in [0.05, 0.1) is 12.3 Å².